The Kier molecular flexibility index (Phi) is 4.57. The maximum Gasteiger partial charge on any atom is 0.161 e. The van der Waals surface area contributed by atoms with E-state index in [1.54, 1.807) is 23.6 Å². The lowest BCUT2D eigenvalue weighted by Crippen LogP contribution is -1.89. The summed E-state index contributed by atoms with van der Waals surface area (Å²) < 4.78 is 0. The number of pyridine rings is 2. The van der Waals surface area contributed by atoms with Crippen LogP contribution in [0, 0.1) is 0 Å². The Labute approximate surface area is 176 Å². The van der Waals surface area contributed by atoms with Crippen LogP contribution in [0.15, 0.2) is 72.1 Å². The van der Waals surface area contributed by atoms with Crippen LogP contribution in [0.4, 0.5) is 0 Å². The van der Waals surface area contributed by atoms with Gasteiger partial charge < -0.3 is 4.98 Å². The smallest absolute Gasteiger partial charge is 0.161 e. The summed E-state index contributed by atoms with van der Waals surface area (Å²) in [5.41, 5.74) is 7.83. The average Bonchev–Trinajstić information content (AvgIpc) is 3.52. The fraction of sp³-hybridized carbons (Fsp3) is 0.0435. The summed E-state index contributed by atoms with van der Waals surface area (Å²) in [6.07, 6.45) is 9.45. The highest BCUT2D eigenvalue weighted by Crippen LogP contribution is 2.31. The van der Waals surface area contributed by atoms with E-state index < -0.39 is 0 Å². The molecule has 0 aromatic carbocycles. The van der Waals surface area contributed by atoms with Crippen molar-refractivity contribution in [1.29, 1.82) is 0 Å². The predicted octanol–water partition coefficient (Wildman–Crippen LogP) is 5.77. The van der Waals surface area contributed by atoms with E-state index in [0.717, 1.165) is 44.6 Å². The summed E-state index contributed by atoms with van der Waals surface area (Å²) in [5, 5.41) is 11.7. The number of thiophene rings is 1. The fourth-order valence-corrected chi connectivity index (χ4v) is 4.02. The first-order valence-corrected chi connectivity index (χ1v) is 10.4. The van der Waals surface area contributed by atoms with Gasteiger partial charge in [0.1, 0.15) is 11.0 Å². The van der Waals surface area contributed by atoms with Crippen LogP contribution >= 0.6 is 11.3 Å². The van der Waals surface area contributed by atoms with Crippen LogP contribution in [0.25, 0.3) is 50.4 Å². The lowest BCUT2D eigenvalue weighted by atomic mass is 10.1. The van der Waals surface area contributed by atoms with Gasteiger partial charge in [0.25, 0.3) is 0 Å². The molecule has 5 aromatic heterocycles. The van der Waals surface area contributed by atoms with Crippen molar-refractivity contribution in [3.8, 4) is 22.8 Å². The molecule has 7 heteroatoms. The van der Waals surface area contributed by atoms with Crippen molar-refractivity contribution in [3.05, 3.63) is 77.8 Å². The predicted molar refractivity (Wildman–Crippen MR) is 123 cm³/mol. The summed E-state index contributed by atoms with van der Waals surface area (Å²) >= 11 is 1.64. The fourth-order valence-electron chi connectivity index (χ4n) is 3.38. The third-order valence-corrected chi connectivity index (χ3v) is 5.53. The van der Waals surface area contributed by atoms with Crippen molar-refractivity contribution in [1.82, 2.24) is 30.1 Å². The highest BCUT2D eigenvalue weighted by atomic mass is 32.1. The number of rotatable bonds is 5. The lowest BCUT2D eigenvalue weighted by molar-refractivity contribution is 1.10. The number of fused-ring (bicyclic) bond motifs is 2. The van der Waals surface area contributed by atoms with Crippen LogP contribution < -0.4 is 0 Å². The van der Waals surface area contributed by atoms with E-state index in [0.29, 0.717) is 11.5 Å². The number of allylic oxidation sites excluding steroid dienone is 5. The van der Waals surface area contributed by atoms with Crippen LogP contribution in [0.1, 0.15) is 12.6 Å². The molecule has 6 nitrogen and oxygen atoms in total. The van der Waals surface area contributed by atoms with Crippen molar-refractivity contribution < 1.29 is 0 Å². The Hall–Kier alpha value is -3.84. The molecular weight excluding hydrogens is 392 g/mol. The summed E-state index contributed by atoms with van der Waals surface area (Å²) in [5.74, 6) is 0.661. The van der Waals surface area contributed by atoms with Gasteiger partial charge in [-0.1, -0.05) is 30.9 Å². The second kappa shape index (κ2) is 7.53. The van der Waals surface area contributed by atoms with Gasteiger partial charge in [0, 0.05) is 17.1 Å². The van der Waals surface area contributed by atoms with Crippen molar-refractivity contribution in [2.75, 3.05) is 0 Å². The lowest BCUT2D eigenvalue weighted by Gasteiger charge is -2.01. The first kappa shape index (κ1) is 18.2. The van der Waals surface area contributed by atoms with Gasteiger partial charge in [-0.2, -0.15) is 16.4 Å². The number of nitrogens with zero attached hydrogens (tertiary/aromatic N) is 4. The number of aromatic amines is 2. The molecule has 2 N–H and O–H groups in total. The molecule has 0 atom stereocenters. The highest BCUT2D eigenvalue weighted by Gasteiger charge is 2.17. The van der Waals surface area contributed by atoms with E-state index in [1.165, 1.54) is 0 Å². The van der Waals surface area contributed by atoms with Gasteiger partial charge >= 0.3 is 0 Å². The molecule has 0 fully saturated rings. The molecule has 0 bridgehead atoms. The number of nitrogens with one attached hydrogen (secondary N) is 2. The van der Waals surface area contributed by atoms with E-state index >= 15 is 0 Å². The minimum atomic E-state index is 0.661. The Morgan fingerprint density at radius 3 is 2.77 bits per heavy atom. The van der Waals surface area contributed by atoms with E-state index in [-0.39, 0.29) is 0 Å². The molecule has 0 aliphatic heterocycles. The Balaban J connectivity index is 1.65. The molecular formula is C23H18N6S. The topological polar surface area (TPSA) is 83.1 Å². The van der Waals surface area contributed by atoms with Crippen molar-refractivity contribution in [3.63, 3.8) is 0 Å². The third kappa shape index (κ3) is 3.05. The molecule has 146 valence electrons. The zero-order valence-electron chi connectivity index (χ0n) is 16.3. The van der Waals surface area contributed by atoms with Crippen molar-refractivity contribution in [2.24, 2.45) is 0 Å². The molecule has 5 aromatic rings. The molecule has 0 aliphatic carbocycles. The van der Waals surface area contributed by atoms with Gasteiger partial charge in [-0.25, -0.2) is 9.97 Å². The van der Waals surface area contributed by atoms with Crippen LogP contribution in [-0.4, -0.2) is 30.1 Å². The number of aromatic nitrogens is 6. The van der Waals surface area contributed by atoms with Crippen molar-refractivity contribution in [2.45, 2.75) is 6.92 Å². The first-order valence-electron chi connectivity index (χ1n) is 9.47. The molecule has 5 rings (SSSR count). The Morgan fingerprint density at radius 1 is 1.07 bits per heavy atom. The van der Waals surface area contributed by atoms with E-state index in [9.17, 15) is 0 Å². The molecule has 0 radical (unpaired) electrons. The average molecular weight is 411 g/mol. The SMILES string of the molecule is C=C/C=C\C(=C/C)c1ccc2[nH]nc(-c3nc4c(-c5ccsc5)nccc4[nH]3)c2n1. The van der Waals surface area contributed by atoms with Gasteiger partial charge in [-0.05, 0) is 42.1 Å². The van der Waals surface area contributed by atoms with Gasteiger partial charge in [0.15, 0.2) is 11.5 Å². The van der Waals surface area contributed by atoms with Gasteiger partial charge in [-0.3, -0.25) is 10.1 Å². The second-order valence-corrected chi connectivity index (χ2v) is 7.44. The molecule has 5 heterocycles. The van der Waals surface area contributed by atoms with Crippen LogP contribution in [0.2, 0.25) is 0 Å². The standard InChI is InChI=1S/C23H18N6S/c1-3-5-6-14(4-2)16-7-8-18-21(25-16)22(29-28-18)23-26-17-9-11-24-19(20(17)27-23)15-10-12-30-13-15/h3-13H,1H2,2H3,(H,26,27)(H,28,29)/b6-5-,14-4+. The summed E-state index contributed by atoms with van der Waals surface area (Å²) in [6, 6.07) is 7.94. The summed E-state index contributed by atoms with van der Waals surface area (Å²) in [7, 11) is 0. The molecule has 0 saturated carbocycles. The van der Waals surface area contributed by atoms with Crippen LogP contribution in [0.3, 0.4) is 0 Å². The second-order valence-electron chi connectivity index (χ2n) is 6.66. The normalized spacial score (nSPS) is 12.4. The monoisotopic (exact) mass is 410 g/mol. The quantitative estimate of drug-likeness (QED) is 0.360. The Bertz CT molecular complexity index is 1420. The van der Waals surface area contributed by atoms with E-state index in [2.05, 4.69) is 32.1 Å². The minimum absolute atomic E-state index is 0.661. The summed E-state index contributed by atoms with van der Waals surface area (Å²) in [4.78, 5) is 17.6. The van der Waals surface area contributed by atoms with Gasteiger partial charge in [-0.15, -0.1) is 0 Å². The maximum atomic E-state index is 4.86. The maximum absolute atomic E-state index is 4.86. The molecule has 0 saturated heterocycles. The molecule has 0 unspecified atom stereocenters. The number of H-pyrrole nitrogens is 2. The van der Waals surface area contributed by atoms with E-state index in [4.69, 9.17) is 9.97 Å². The highest BCUT2D eigenvalue weighted by molar-refractivity contribution is 7.08. The van der Waals surface area contributed by atoms with Crippen molar-refractivity contribution >= 4 is 39.0 Å². The number of hydrogen-bond donors (Lipinski definition) is 2. The molecule has 0 spiro atoms. The zero-order valence-corrected chi connectivity index (χ0v) is 17.1. The largest absolute Gasteiger partial charge is 0.336 e. The Morgan fingerprint density at radius 2 is 1.97 bits per heavy atom. The van der Waals surface area contributed by atoms with Crippen LogP contribution in [0.5, 0.6) is 0 Å². The van der Waals surface area contributed by atoms with Gasteiger partial charge in [0.05, 0.1) is 22.4 Å². The summed E-state index contributed by atoms with van der Waals surface area (Å²) in [6.45, 7) is 5.73. The third-order valence-electron chi connectivity index (χ3n) is 4.85. The molecule has 0 amide bonds. The first-order chi connectivity index (χ1) is 14.8. The van der Waals surface area contributed by atoms with Gasteiger partial charge in [0.2, 0.25) is 0 Å². The zero-order chi connectivity index (χ0) is 20.5. The number of hydrogen-bond acceptors (Lipinski definition) is 5. The minimum Gasteiger partial charge on any atom is -0.336 e. The number of imidazole rings is 1. The molecule has 30 heavy (non-hydrogen) atoms. The van der Waals surface area contributed by atoms with Crippen LogP contribution in [-0.2, 0) is 0 Å². The van der Waals surface area contributed by atoms with E-state index in [1.807, 2.05) is 54.8 Å². The molecule has 0 aliphatic rings.